The Bertz CT molecular complexity index is 582. The van der Waals surface area contributed by atoms with Crippen molar-refractivity contribution in [1.29, 1.82) is 0 Å². The molecule has 1 saturated carbocycles. The van der Waals surface area contributed by atoms with Crippen LogP contribution in [0.4, 0.5) is 10.1 Å². The van der Waals surface area contributed by atoms with E-state index in [1.165, 1.54) is 6.07 Å². The van der Waals surface area contributed by atoms with Gasteiger partial charge in [-0.25, -0.2) is 17.5 Å². The molecule has 1 aliphatic carbocycles. The van der Waals surface area contributed by atoms with Crippen molar-refractivity contribution in [2.75, 3.05) is 11.9 Å². The molecule has 0 spiro atoms. The highest BCUT2D eigenvalue weighted by molar-refractivity contribution is 7.90. The molecule has 2 rings (SSSR count). The average molecular weight is 328 g/mol. The Morgan fingerprint density at radius 3 is 2.41 bits per heavy atom. The van der Waals surface area contributed by atoms with Crippen LogP contribution in [0.2, 0.25) is 0 Å². The lowest BCUT2D eigenvalue weighted by molar-refractivity contribution is 0.323. The average Bonchev–Trinajstić information content (AvgIpc) is 2.47. The molecule has 0 aromatic heterocycles. The Morgan fingerprint density at radius 1 is 1.18 bits per heavy atom. The first-order valence-electron chi connectivity index (χ1n) is 7.88. The minimum Gasteiger partial charge on any atom is -0.382 e. The van der Waals surface area contributed by atoms with Gasteiger partial charge in [-0.05, 0) is 57.6 Å². The summed E-state index contributed by atoms with van der Waals surface area (Å²) in [5.74, 6) is 0.222. The Hall–Kier alpha value is -1.14. The van der Waals surface area contributed by atoms with Crippen molar-refractivity contribution in [3.8, 4) is 0 Å². The van der Waals surface area contributed by atoms with Crippen LogP contribution < -0.4 is 10.0 Å². The van der Waals surface area contributed by atoms with E-state index < -0.39 is 15.3 Å². The number of rotatable bonds is 6. The molecule has 1 aliphatic rings. The zero-order valence-electron chi connectivity index (χ0n) is 13.2. The lowest BCUT2D eigenvalue weighted by atomic mass is 9.86. The molecule has 1 aromatic rings. The second kappa shape index (κ2) is 7.42. The van der Waals surface area contributed by atoms with Gasteiger partial charge in [-0.1, -0.05) is 12.1 Å². The minimum absolute atomic E-state index is 0.0390. The maximum atomic E-state index is 13.5. The summed E-state index contributed by atoms with van der Waals surface area (Å²) in [6.07, 6.45) is 3.59. The summed E-state index contributed by atoms with van der Waals surface area (Å²) >= 11 is 0. The summed E-state index contributed by atoms with van der Waals surface area (Å²) in [7, 11) is -3.19. The molecule has 0 aliphatic heterocycles. The van der Waals surface area contributed by atoms with Crippen molar-refractivity contribution in [2.24, 2.45) is 5.92 Å². The van der Waals surface area contributed by atoms with Gasteiger partial charge in [0.05, 0.1) is 10.9 Å². The summed E-state index contributed by atoms with van der Waals surface area (Å²) in [6, 6.07) is 6.70. The van der Waals surface area contributed by atoms with Crippen LogP contribution >= 0.6 is 0 Å². The fourth-order valence-corrected chi connectivity index (χ4v) is 3.68. The quantitative estimate of drug-likeness (QED) is 0.843. The predicted molar refractivity (Wildman–Crippen MR) is 87.8 cm³/mol. The standard InChI is InChI=1S/C16H25FN2O2S/c1-12(2)22(20,21)19-14-9-7-13(8-10-14)11-18-16-6-4-3-5-15(16)17/h3-6,12-14,18-19H,7-11H2,1-2H3/t13-,14-. The molecule has 4 nitrogen and oxygen atoms in total. The van der Waals surface area contributed by atoms with Crippen LogP contribution in [0.15, 0.2) is 24.3 Å². The second-order valence-corrected chi connectivity index (χ2v) is 8.56. The summed E-state index contributed by atoms with van der Waals surface area (Å²) < 4.78 is 40.0. The highest BCUT2D eigenvalue weighted by atomic mass is 32.2. The molecule has 0 heterocycles. The lowest BCUT2D eigenvalue weighted by Crippen LogP contribution is -2.41. The van der Waals surface area contributed by atoms with Crippen molar-refractivity contribution < 1.29 is 12.8 Å². The maximum absolute atomic E-state index is 13.5. The summed E-state index contributed by atoms with van der Waals surface area (Å²) in [5, 5.41) is 2.75. The Labute approximate surface area is 132 Å². The molecule has 0 unspecified atom stereocenters. The predicted octanol–water partition coefficient (Wildman–Crippen LogP) is 3.12. The fraction of sp³-hybridized carbons (Fsp3) is 0.625. The molecular weight excluding hydrogens is 303 g/mol. The number of hydrogen-bond donors (Lipinski definition) is 2. The van der Waals surface area contributed by atoms with E-state index >= 15 is 0 Å². The van der Waals surface area contributed by atoms with Gasteiger partial charge in [0.25, 0.3) is 0 Å². The second-order valence-electron chi connectivity index (χ2n) is 6.29. The topological polar surface area (TPSA) is 58.2 Å². The molecule has 0 bridgehead atoms. The number of halogens is 1. The Balaban J connectivity index is 1.77. The molecule has 22 heavy (non-hydrogen) atoms. The number of anilines is 1. The highest BCUT2D eigenvalue weighted by Gasteiger charge is 2.26. The largest absolute Gasteiger partial charge is 0.382 e. The molecule has 6 heteroatoms. The zero-order valence-corrected chi connectivity index (χ0v) is 14.0. The van der Waals surface area contributed by atoms with E-state index in [2.05, 4.69) is 10.0 Å². The van der Waals surface area contributed by atoms with Gasteiger partial charge in [-0.15, -0.1) is 0 Å². The number of hydrogen-bond acceptors (Lipinski definition) is 3. The van der Waals surface area contributed by atoms with Crippen molar-refractivity contribution in [1.82, 2.24) is 4.72 Å². The van der Waals surface area contributed by atoms with Crippen LogP contribution in [0.5, 0.6) is 0 Å². The summed E-state index contributed by atoms with van der Waals surface area (Å²) in [4.78, 5) is 0. The van der Waals surface area contributed by atoms with E-state index in [9.17, 15) is 12.8 Å². The van der Waals surface area contributed by atoms with Gasteiger partial charge in [0.15, 0.2) is 0 Å². The first-order valence-corrected chi connectivity index (χ1v) is 9.42. The van der Waals surface area contributed by atoms with Crippen LogP contribution in [0, 0.1) is 11.7 Å². The van der Waals surface area contributed by atoms with E-state index in [0.717, 1.165) is 32.2 Å². The summed E-state index contributed by atoms with van der Waals surface area (Å²) in [6.45, 7) is 4.10. The third-order valence-electron chi connectivity index (χ3n) is 4.25. The van der Waals surface area contributed by atoms with Crippen molar-refractivity contribution in [3.05, 3.63) is 30.1 Å². The van der Waals surface area contributed by atoms with Crippen LogP contribution in [0.25, 0.3) is 0 Å². The smallest absolute Gasteiger partial charge is 0.214 e. The van der Waals surface area contributed by atoms with Gasteiger partial charge in [0.1, 0.15) is 5.82 Å². The molecule has 2 N–H and O–H groups in total. The van der Waals surface area contributed by atoms with Crippen molar-refractivity contribution >= 4 is 15.7 Å². The molecule has 1 fully saturated rings. The van der Waals surface area contributed by atoms with Gasteiger partial charge in [-0.3, -0.25) is 0 Å². The van der Waals surface area contributed by atoms with Gasteiger partial charge < -0.3 is 5.32 Å². The van der Waals surface area contributed by atoms with Crippen molar-refractivity contribution in [2.45, 2.75) is 50.8 Å². The van der Waals surface area contributed by atoms with E-state index in [1.807, 2.05) is 6.07 Å². The fourth-order valence-electron chi connectivity index (χ4n) is 2.71. The molecule has 0 amide bonds. The van der Waals surface area contributed by atoms with Gasteiger partial charge in [0.2, 0.25) is 10.0 Å². The SMILES string of the molecule is CC(C)S(=O)(=O)N[C@H]1CC[C@H](CNc2ccccc2F)CC1. The minimum atomic E-state index is -3.19. The Kier molecular flexibility index (Phi) is 5.81. The normalized spacial score (nSPS) is 22.7. The third kappa shape index (κ3) is 4.68. The molecule has 1 aromatic carbocycles. The first kappa shape index (κ1) is 17.2. The zero-order chi connectivity index (χ0) is 16.2. The molecule has 0 radical (unpaired) electrons. The molecule has 124 valence electrons. The van der Waals surface area contributed by atoms with Crippen LogP contribution in [0.3, 0.4) is 0 Å². The van der Waals surface area contributed by atoms with E-state index in [1.54, 1.807) is 26.0 Å². The summed E-state index contributed by atoms with van der Waals surface area (Å²) in [5.41, 5.74) is 0.533. The Morgan fingerprint density at radius 2 is 1.82 bits per heavy atom. The number of benzene rings is 1. The number of nitrogens with one attached hydrogen (secondary N) is 2. The van der Waals surface area contributed by atoms with Crippen molar-refractivity contribution in [3.63, 3.8) is 0 Å². The van der Waals surface area contributed by atoms with Gasteiger partial charge in [0, 0.05) is 12.6 Å². The van der Waals surface area contributed by atoms with E-state index in [-0.39, 0.29) is 11.9 Å². The van der Waals surface area contributed by atoms with Gasteiger partial charge in [-0.2, -0.15) is 0 Å². The van der Waals surface area contributed by atoms with Crippen LogP contribution in [-0.2, 0) is 10.0 Å². The lowest BCUT2D eigenvalue weighted by Gasteiger charge is -2.29. The van der Waals surface area contributed by atoms with Crippen LogP contribution in [-0.4, -0.2) is 26.3 Å². The highest BCUT2D eigenvalue weighted by Crippen LogP contribution is 2.26. The third-order valence-corrected chi connectivity index (χ3v) is 6.16. The van der Waals surface area contributed by atoms with Gasteiger partial charge >= 0.3 is 0 Å². The molecule has 0 atom stereocenters. The number of sulfonamides is 1. The number of para-hydroxylation sites is 1. The molecular formula is C16H25FN2O2S. The maximum Gasteiger partial charge on any atom is 0.214 e. The van der Waals surface area contributed by atoms with E-state index in [0.29, 0.717) is 11.6 Å². The first-order chi connectivity index (χ1) is 10.4. The van der Waals surface area contributed by atoms with E-state index in [4.69, 9.17) is 0 Å². The monoisotopic (exact) mass is 328 g/mol. The molecule has 0 saturated heterocycles. The van der Waals surface area contributed by atoms with Crippen LogP contribution in [0.1, 0.15) is 39.5 Å².